The quantitative estimate of drug-likeness (QED) is 0.246. The lowest BCUT2D eigenvalue weighted by molar-refractivity contribution is 0.0964. The van der Waals surface area contributed by atoms with Crippen molar-refractivity contribution in [3.8, 4) is 33.8 Å². The highest BCUT2D eigenvalue weighted by molar-refractivity contribution is 7.92. The highest BCUT2D eigenvalue weighted by atomic mass is 32.2. The zero-order valence-electron chi connectivity index (χ0n) is 24.0. The predicted octanol–water partition coefficient (Wildman–Crippen LogP) is 5.36. The number of furan rings is 1. The van der Waals surface area contributed by atoms with Crippen molar-refractivity contribution < 1.29 is 22.0 Å². The average Bonchev–Trinajstić information content (AvgIpc) is 3.65. The molecule has 0 aliphatic carbocycles. The van der Waals surface area contributed by atoms with Gasteiger partial charge in [-0.25, -0.2) is 12.8 Å². The first kappa shape index (κ1) is 28.7. The minimum atomic E-state index is -3.69. The van der Waals surface area contributed by atoms with E-state index in [4.69, 9.17) is 4.42 Å². The molecule has 2 heterocycles. The van der Waals surface area contributed by atoms with Gasteiger partial charge in [0.25, 0.3) is 5.91 Å². The number of rotatable bonds is 8. The Morgan fingerprint density at radius 1 is 0.955 bits per heavy atom. The van der Waals surface area contributed by atoms with Crippen molar-refractivity contribution in [1.29, 1.82) is 0 Å². The van der Waals surface area contributed by atoms with E-state index in [0.29, 0.717) is 51.3 Å². The minimum Gasteiger partial charge on any atom is -0.455 e. The number of nitrogens with one attached hydrogen (secondary N) is 1. The zero-order chi connectivity index (χ0) is 31.0. The summed E-state index contributed by atoms with van der Waals surface area (Å²) in [6.07, 6.45) is 1.11. The summed E-state index contributed by atoms with van der Waals surface area (Å²) in [5.41, 5.74) is 4.24. The summed E-state index contributed by atoms with van der Waals surface area (Å²) in [6, 6.07) is 26.0. The molecule has 1 amide bonds. The number of nitrogens with zero attached hydrogens (tertiary/aromatic N) is 5. The van der Waals surface area contributed by atoms with Gasteiger partial charge in [0.1, 0.15) is 17.2 Å². The van der Waals surface area contributed by atoms with Crippen LogP contribution in [0.5, 0.6) is 0 Å². The molecule has 0 aliphatic heterocycles. The molecule has 44 heavy (non-hydrogen) atoms. The standard InChI is InChI=1S/C32H27FN6O4S/c1-34-32(40)29-26-17-25(22-10-7-11-23(16-22)31-35-37-39(36-31)19-20-8-5-4-6-9-20)27(38(2)44(3,41)42)18-28(26)43-30(29)21-12-14-24(33)15-13-21/h4-18H,19H2,1-3H3,(H,34,40). The molecule has 4 aromatic carbocycles. The largest absolute Gasteiger partial charge is 0.455 e. The van der Waals surface area contributed by atoms with Gasteiger partial charge in [-0.15, -0.1) is 10.2 Å². The predicted molar refractivity (Wildman–Crippen MR) is 166 cm³/mol. The van der Waals surface area contributed by atoms with Crippen LogP contribution < -0.4 is 9.62 Å². The summed E-state index contributed by atoms with van der Waals surface area (Å²) in [5.74, 6) is -0.210. The summed E-state index contributed by atoms with van der Waals surface area (Å²) in [6.45, 7) is 0.451. The van der Waals surface area contributed by atoms with E-state index >= 15 is 0 Å². The summed E-state index contributed by atoms with van der Waals surface area (Å²) in [4.78, 5) is 14.7. The Hall–Kier alpha value is -5.36. The number of hydrogen-bond donors (Lipinski definition) is 1. The van der Waals surface area contributed by atoms with Crippen molar-refractivity contribution in [2.24, 2.45) is 0 Å². The lowest BCUT2D eigenvalue weighted by Crippen LogP contribution is -2.25. The molecule has 0 unspecified atom stereocenters. The molecule has 0 bridgehead atoms. The molecule has 2 aromatic heterocycles. The van der Waals surface area contributed by atoms with Crippen LogP contribution in [0.1, 0.15) is 15.9 Å². The van der Waals surface area contributed by atoms with E-state index in [0.717, 1.165) is 16.1 Å². The number of hydrogen-bond acceptors (Lipinski definition) is 7. The molecule has 6 aromatic rings. The van der Waals surface area contributed by atoms with Gasteiger partial charge in [0.05, 0.1) is 24.1 Å². The molecule has 6 rings (SSSR count). The number of fused-ring (bicyclic) bond motifs is 1. The minimum absolute atomic E-state index is 0.234. The smallest absolute Gasteiger partial charge is 0.255 e. The Balaban J connectivity index is 1.51. The molecule has 0 spiro atoms. The van der Waals surface area contributed by atoms with Crippen LogP contribution >= 0.6 is 0 Å². The van der Waals surface area contributed by atoms with Crippen LogP contribution in [-0.2, 0) is 16.6 Å². The monoisotopic (exact) mass is 610 g/mol. The summed E-state index contributed by atoms with van der Waals surface area (Å²) >= 11 is 0. The molecule has 222 valence electrons. The Morgan fingerprint density at radius 2 is 1.68 bits per heavy atom. The first-order valence-electron chi connectivity index (χ1n) is 13.6. The molecule has 12 heteroatoms. The lowest BCUT2D eigenvalue weighted by atomic mass is 9.97. The molecule has 0 fully saturated rings. The van der Waals surface area contributed by atoms with E-state index in [-0.39, 0.29) is 11.3 Å². The third-order valence-electron chi connectivity index (χ3n) is 7.26. The van der Waals surface area contributed by atoms with Gasteiger partial charge in [-0.2, -0.15) is 4.80 Å². The van der Waals surface area contributed by atoms with Crippen molar-refractivity contribution in [3.63, 3.8) is 0 Å². The van der Waals surface area contributed by atoms with Crippen molar-refractivity contribution in [2.75, 3.05) is 24.7 Å². The van der Waals surface area contributed by atoms with E-state index in [1.54, 1.807) is 12.1 Å². The molecule has 0 aliphatic rings. The molecule has 0 saturated heterocycles. The Kier molecular flexibility index (Phi) is 7.43. The molecule has 1 N–H and O–H groups in total. The fraction of sp³-hybridized carbons (Fsp3) is 0.125. The fourth-order valence-corrected chi connectivity index (χ4v) is 5.46. The van der Waals surface area contributed by atoms with Crippen LogP contribution in [0.25, 0.3) is 44.8 Å². The molecule has 0 radical (unpaired) electrons. The number of benzene rings is 4. The van der Waals surface area contributed by atoms with Crippen molar-refractivity contribution in [1.82, 2.24) is 25.5 Å². The number of sulfonamides is 1. The van der Waals surface area contributed by atoms with Crippen molar-refractivity contribution >= 4 is 32.6 Å². The zero-order valence-corrected chi connectivity index (χ0v) is 24.8. The van der Waals surface area contributed by atoms with Gasteiger partial charge in [0.15, 0.2) is 0 Å². The van der Waals surface area contributed by atoms with E-state index < -0.39 is 21.7 Å². The Bertz CT molecular complexity index is 2110. The van der Waals surface area contributed by atoms with Crippen LogP contribution in [0.15, 0.2) is 95.4 Å². The van der Waals surface area contributed by atoms with Gasteiger partial charge in [-0.3, -0.25) is 9.10 Å². The molecular formula is C32H27FN6O4S. The second-order valence-corrected chi connectivity index (χ2v) is 12.2. The molecular weight excluding hydrogens is 583 g/mol. The third-order valence-corrected chi connectivity index (χ3v) is 8.45. The van der Waals surface area contributed by atoms with E-state index in [1.807, 2.05) is 54.6 Å². The molecule has 0 saturated carbocycles. The van der Waals surface area contributed by atoms with Crippen LogP contribution in [0, 0.1) is 5.82 Å². The van der Waals surface area contributed by atoms with Crippen LogP contribution in [0.3, 0.4) is 0 Å². The third kappa shape index (κ3) is 5.54. The number of carbonyl (C=O) groups excluding carboxylic acids is 1. The number of aromatic nitrogens is 4. The second-order valence-electron chi connectivity index (χ2n) is 10.2. The van der Waals surface area contributed by atoms with Gasteiger partial charge in [0, 0.05) is 42.2 Å². The fourth-order valence-electron chi connectivity index (χ4n) is 4.96. The van der Waals surface area contributed by atoms with Crippen molar-refractivity contribution in [2.45, 2.75) is 6.54 Å². The summed E-state index contributed by atoms with van der Waals surface area (Å²) in [7, 11) is -0.740. The highest BCUT2D eigenvalue weighted by Crippen LogP contribution is 2.41. The SMILES string of the molecule is CNC(=O)c1c(-c2ccc(F)cc2)oc2cc(N(C)S(C)(=O)=O)c(-c3cccc(-c4nnn(Cc5ccccc5)n4)c3)cc12. The van der Waals surface area contributed by atoms with Crippen LogP contribution in [-0.4, -0.2) is 54.9 Å². The molecule has 10 nitrogen and oxygen atoms in total. The Labute approximate surface area is 252 Å². The summed E-state index contributed by atoms with van der Waals surface area (Å²) < 4.78 is 46.5. The number of amides is 1. The maximum absolute atomic E-state index is 13.7. The van der Waals surface area contributed by atoms with Gasteiger partial charge in [-0.1, -0.05) is 48.5 Å². The lowest BCUT2D eigenvalue weighted by Gasteiger charge is -2.21. The van der Waals surface area contributed by atoms with E-state index in [2.05, 4.69) is 20.7 Å². The van der Waals surface area contributed by atoms with E-state index in [1.165, 1.54) is 43.2 Å². The summed E-state index contributed by atoms with van der Waals surface area (Å²) in [5, 5.41) is 16.1. The van der Waals surface area contributed by atoms with Crippen molar-refractivity contribution in [3.05, 3.63) is 108 Å². The van der Waals surface area contributed by atoms with E-state index in [9.17, 15) is 17.6 Å². The average molecular weight is 611 g/mol. The molecule has 0 atom stereocenters. The van der Waals surface area contributed by atoms with Crippen LogP contribution in [0.2, 0.25) is 0 Å². The Morgan fingerprint density at radius 3 is 2.39 bits per heavy atom. The number of tetrazole rings is 1. The van der Waals surface area contributed by atoms with Gasteiger partial charge in [-0.05, 0) is 52.7 Å². The number of anilines is 1. The highest BCUT2D eigenvalue weighted by Gasteiger charge is 2.26. The normalized spacial score (nSPS) is 11.5. The van der Waals surface area contributed by atoms with Crippen LogP contribution in [0.4, 0.5) is 10.1 Å². The van der Waals surface area contributed by atoms with Gasteiger partial charge < -0.3 is 9.73 Å². The first-order valence-corrected chi connectivity index (χ1v) is 15.4. The maximum atomic E-state index is 13.7. The maximum Gasteiger partial charge on any atom is 0.255 e. The topological polar surface area (TPSA) is 123 Å². The number of halogens is 1. The first-order chi connectivity index (χ1) is 21.1. The van der Waals surface area contributed by atoms with Gasteiger partial charge >= 0.3 is 0 Å². The van der Waals surface area contributed by atoms with Gasteiger partial charge in [0.2, 0.25) is 15.8 Å². The number of carbonyl (C=O) groups is 1. The second kappa shape index (κ2) is 11.4.